The number of anilines is 1. The van der Waals surface area contributed by atoms with E-state index in [1.807, 2.05) is 26.0 Å². The fourth-order valence-electron chi connectivity index (χ4n) is 2.79. The molecule has 1 amide bonds. The predicted molar refractivity (Wildman–Crippen MR) is 102 cm³/mol. The first kappa shape index (κ1) is 19.3. The average molecular weight is 367 g/mol. The van der Waals surface area contributed by atoms with E-state index in [-0.39, 0.29) is 11.9 Å². The van der Waals surface area contributed by atoms with Gasteiger partial charge in [-0.15, -0.1) is 0 Å². The monoisotopic (exact) mass is 366 g/mol. The van der Waals surface area contributed by atoms with Crippen LogP contribution >= 0.6 is 11.6 Å². The van der Waals surface area contributed by atoms with Crippen molar-refractivity contribution < 1.29 is 4.79 Å². The molecule has 0 radical (unpaired) electrons. The number of hydrogen-bond donors (Lipinski definition) is 3. The summed E-state index contributed by atoms with van der Waals surface area (Å²) in [6, 6.07) is 3.93. The number of pyridine rings is 1. The van der Waals surface area contributed by atoms with E-state index in [1.54, 1.807) is 20.3 Å². The number of nitrogens with zero attached hydrogens (tertiary/aromatic N) is 3. The summed E-state index contributed by atoms with van der Waals surface area (Å²) in [7, 11) is 3.37. The molecule has 7 nitrogen and oxygen atoms in total. The van der Waals surface area contributed by atoms with Gasteiger partial charge in [0.05, 0.1) is 10.4 Å². The molecule has 25 heavy (non-hydrogen) atoms. The number of halogens is 1. The highest BCUT2D eigenvalue weighted by atomic mass is 35.5. The summed E-state index contributed by atoms with van der Waals surface area (Å²) < 4.78 is 0. The molecule has 1 aliphatic heterocycles. The van der Waals surface area contributed by atoms with E-state index in [2.05, 4.69) is 30.8 Å². The van der Waals surface area contributed by atoms with Gasteiger partial charge in [0.15, 0.2) is 5.96 Å². The van der Waals surface area contributed by atoms with Crippen molar-refractivity contribution in [2.45, 2.75) is 26.3 Å². The number of aromatic nitrogens is 1. The standard InChI is InChI=1S/C17H27ClN6O/c1-17(2,15(25)19-3)11-22-16(20-4)23-12-7-9-24(10-12)14-13(18)6-5-8-21-14/h5-6,8,12H,7,9-11H2,1-4H3,(H,19,25)(H2,20,22,23). The number of amides is 1. The minimum atomic E-state index is -0.518. The summed E-state index contributed by atoms with van der Waals surface area (Å²) in [4.78, 5) is 22.7. The third kappa shape index (κ3) is 4.98. The number of carbonyl (C=O) groups is 1. The molecule has 2 heterocycles. The molecule has 138 valence electrons. The molecule has 0 aromatic carbocycles. The minimum absolute atomic E-state index is 0.00714. The summed E-state index contributed by atoms with van der Waals surface area (Å²) in [6.07, 6.45) is 2.72. The molecular formula is C17H27ClN6O. The zero-order valence-corrected chi connectivity index (χ0v) is 16.0. The smallest absolute Gasteiger partial charge is 0.227 e. The Bertz CT molecular complexity index is 633. The summed E-state index contributed by atoms with van der Waals surface area (Å²) in [5.41, 5.74) is -0.518. The zero-order chi connectivity index (χ0) is 18.4. The van der Waals surface area contributed by atoms with Crippen LogP contribution in [0.15, 0.2) is 23.3 Å². The Labute approximate surface area is 154 Å². The second-order valence-electron chi connectivity index (χ2n) is 6.77. The van der Waals surface area contributed by atoms with Gasteiger partial charge in [-0.2, -0.15) is 0 Å². The van der Waals surface area contributed by atoms with Gasteiger partial charge in [0, 0.05) is 46.0 Å². The quantitative estimate of drug-likeness (QED) is 0.539. The maximum absolute atomic E-state index is 11.9. The third-order valence-corrected chi connectivity index (χ3v) is 4.63. The number of aliphatic imine (C=N–C) groups is 1. The Kier molecular flexibility index (Phi) is 6.47. The summed E-state index contributed by atoms with van der Waals surface area (Å²) in [5.74, 6) is 1.50. The SMILES string of the molecule is CN=C(NCC(C)(C)C(=O)NC)NC1CCN(c2ncccc2Cl)C1. The van der Waals surface area contributed by atoms with Crippen LogP contribution in [0.2, 0.25) is 5.02 Å². The third-order valence-electron chi connectivity index (χ3n) is 4.33. The second kappa shape index (κ2) is 8.38. The highest BCUT2D eigenvalue weighted by Gasteiger charge is 2.28. The first-order valence-electron chi connectivity index (χ1n) is 8.42. The second-order valence-corrected chi connectivity index (χ2v) is 7.18. The molecule has 2 rings (SSSR count). The van der Waals surface area contributed by atoms with Crippen LogP contribution in [0.1, 0.15) is 20.3 Å². The van der Waals surface area contributed by atoms with Crippen molar-refractivity contribution in [1.82, 2.24) is 20.9 Å². The van der Waals surface area contributed by atoms with E-state index in [4.69, 9.17) is 11.6 Å². The Morgan fingerprint density at radius 2 is 2.28 bits per heavy atom. The lowest BCUT2D eigenvalue weighted by Gasteiger charge is -2.25. The van der Waals surface area contributed by atoms with Gasteiger partial charge in [-0.3, -0.25) is 9.79 Å². The van der Waals surface area contributed by atoms with Crippen LogP contribution in [0.5, 0.6) is 0 Å². The van der Waals surface area contributed by atoms with E-state index >= 15 is 0 Å². The van der Waals surface area contributed by atoms with Crippen LogP contribution in [0.25, 0.3) is 0 Å². The maximum Gasteiger partial charge on any atom is 0.227 e. The topological polar surface area (TPSA) is 81.6 Å². The molecule has 1 aromatic heterocycles. The maximum atomic E-state index is 11.9. The van der Waals surface area contributed by atoms with E-state index in [1.165, 1.54) is 0 Å². The normalized spacial score (nSPS) is 18.2. The molecule has 1 saturated heterocycles. The highest BCUT2D eigenvalue weighted by molar-refractivity contribution is 6.32. The van der Waals surface area contributed by atoms with Gasteiger partial charge < -0.3 is 20.9 Å². The summed E-state index contributed by atoms with van der Waals surface area (Å²) >= 11 is 6.23. The Morgan fingerprint density at radius 1 is 1.52 bits per heavy atom. The molecule has 0 bridgehead atoms. The lowest BCUT2D eigenvalue weighted by molar-refractivity contribution is -0.128. The van der Waals surface area contributed by atoms with E-state index in [9.17, 15) is 4.79 Å². The average Bonchev–Trinajstić information content (AvgIpc) is 3.06. The molecular weight excluding hydrogens is 340 g/mol. The molecule has 1 atom stereocenters. The van der Waals surface area contributed by atoms with Crippen LogP contribution < -0.4 is 20.9 Å². The highest BCUT2D eigenvalue weighted by Crippen LogP contribution is 2.25. The first-order chi connectivity index (χ1) is 11.9. The van der Waals surface area contributed by atoms with E-state index in [0.29, 0.717) is 17.5 Å². The number of hydrogen-bond acceptors (Lipinski definition) is 4. The van der Waals surface area contributed by atoms with Gasteiger partial charge in [0.1, 0.15) is 5.82 Å². The van der Waals surface area contributed by atoms with Crippen molar-refractivity contribution in [3.8, 4) is 0 Å². The van der Waals surface area contributed by atoms with E-state index < -0.39 is 5.41 Å². The number of nitrogens with one attached hydrogen (secondary N) is 3. The van der Waals surface area contributed by atoms with Crippen molar-refractivity contribution in [1.29, 1.82) is 0 Å². The predicted octanol–water partition coefficient (Wildman–Crippen LogP) is 1.25. The van der Waals surface area contributed by atoms with Gasteiger partial charge in [-0.05, 0) is 32.4 Å². The van der Waals surface area contributed by atoms with Crippen molar-refractivity contribution in [2.24, 2.45) is 10.4 Å². The largest absolute Gasteiger partial charge is 0.359 e. The molecule has 1 aromatic rings. The van der Waals surface area contributed by atoms with Crippen LogP contribution in [-0.2, 0) is 4.79 Å². The van der Waals surface area contributed by atoms with Crippen molar-refractivity contribution in [3.05, 3.63) is 23.4 Å². The molecule has 3 N–H and O–H groups in total. The van der Waals surface area contributed by atoms with Gasteiger partial charge in [-0.25, -0.2) is 4.98 Å². The van der Waals surface area contributed by atoms with E-state index in [0.717, 1.165) is 25.3 Å². The molecule has 0 saturated carbocycles. The molecule has 1 fully saturated rings. The number of carbonyl (C=O) groups excluding carboxylic acids is 1. The Hall–Kier alpha value is -2.02. The van der Waals surface area contributed by atoms with Crippen LogP contribution in [0.3, 0.4) is 0 Å². The fourth-order valence-corrected chi connectivity index (χ4v) is 3.03. The Morgan fingerprint density at radius 3 is 2.92 bits per heavy atom. The molecule has 1 aliphatic rings. The lowest BCUT2D eigenvalue weighted by atomic mass is 9.92. The van der Waals surface area contributed by atoms with Crippen LogP contribution in [0, 0.1) is 5.41 Å². The van der Waals surface area contributed by atoms with Gasteiger partial charge in [-0.1, -0.05) is 11.6 Å². The van der Waals surface area contributed by atoms with Gasteiger partial charge in [0.2, 0.25) is 5.91 Å². The fraction of sp³-hybridized carbons (Fsp3) is 0.588. The first-order valence-corrected chi connectivity index (χ1v) is 8.80. The van der Waals surface area contributed by atoms with Crippen molar-refractivity contribution in [2.75, 3.05) is 38.6 Å². The van der Waals surface area contributed by atoms with Crippen LogP contribution in [0.4, 0.5) is 5.82 Å². The zero-order valence-electron chi connectivity index (χ0n) is 15.3. The van der Waals surface area contributed by atoms with Crippen molar-refractivity contribution in [3.63, 3.8) is 0 Å². The van der Waals surface area contributed by atoms with Crippen molar-refractivity contribution >= 4 is 29.3 Å². The molecule has 0 aliphatic carbocycles. The van der Waals surface area contributed by atoms with Gasteiger partial charge >= 0.3 is 0 Å². The summed E-state index contributed by atoms with van der Waals surface area (Å²) in [5, 5.41) is 9.99. The Balaban J connectivity index is 1.89. The molecule has 0 spiro atoms. The molecule has 1 unspecified atom stereocenters. The summed E-state index contributed by atoms with van der Waals surface area (Å²) in [6.45, 7) is 5.97. The van der Waals surface area contributed by atoms with Crippen LogP contribution in [-0.4, -0.2) is 56.6 Å². The molecule has 8 heteroatoms. The number of guanidine groups is 1. The lowest BCUT2D eigenvalue weighted by Crippen LogP contribution is -2.50. The van der Waals surface area contributed by atoms with Gasteiger partial charge in [0.25, 0.3) is 0 Å². The minimum Gasteiger partial charge on any atom is -0.359 e. The number of rotatable bonds is 5.